The molecule has 2 aliphatic heterocycles. The Morgan fingerprint density at radius 2 is 2.04 bits per heavy atom. The van der Waals surface area contributed by atoms with Crippen LogP contribution in [-0.4, -0.2) is 27.5 Å². The summed E-state index contributed by atoms with van der Waals surface area (Å²) in [6, 6.07) is 14.0. The van der Waals surface area contributed by atoms with Crippen LogP contribution in [-0.2, 0) is 19.4 Å². The molecule has 25 heavy (non-hydrogen) atoms. The molecule has 3 heteroatoms. The van der Waals surface area contributed by atoms with Crippen LogP contribution in [0.15, 0.2) is 42.6 Å². The molecule has 128 valence electrons. The SMILES string of the molecule is Cc1ccc(CCn2c3c(c4ccccc42)C2CCCN2CC3)cn1. The first kappa shape index (κ1) is 15.2. The summed E-state index contributed by atoms with van der Waals surface area (Å²) in [5.41, 5.74) is 7.05. The molecule has 1 saturated heterocycles. The molecule has 1 fully saturated rings. The number of aromatic nitrogens is 2. The number of benzene rings is 1. The van der Waals surface area contributed by atoms with Crippen molar-refractivity contribution in [3.63, 3.8) is 0 Å². The van der Waals surface area contributed by atoms with Crippen LogP contribution in [0.5, 0.6) is 0 Å². The third-order valence-electron chi connectivity index (χ3n) is 6.05. The number of fused-ring (bicyclic) bond motifs is 5. The monoisotopic (exact) mass is 331 g/mol. The molecule has 0 spiro atoms. The molecule has 2 aromatic heterocycles. The third kappa shape index (κ3) is 2.49. The first-order valence-corrected chi connectivity index (χ1v) is 9.57. The van der Waals surface area contributed by atoms with Crippen LogP contribution in [0, 0.1) is 6.92 Å². The zero-order chi connectivity index (χ0) is 16.8. The number of pyridine rings is 1. The van der Waals surface area contributed by atoms with Gasteiger partial charge in [0.15, 0.2) is 0 Å². The van der Waals surface area contributed by atoms with Crippen LogP contribution in [0.25, 0.3) is 10.9 Å². The van der Waals surface area contributed by atoms with E-state index in [0.717, 1.165) is 18.7 Å². The van der Waals surface area contributed by atoms with Crippen molar-refractivity contribution >= 4 is 10.9 Å². The molecule has 1 unspecified atom stereocenters. The summed E-state index contributed by atoms with van der Waals surface area (Å²) in [7, 11) is 0. The van der Waals surface area contributed by atoms with Crippen LogP contribution in [0.3, 0.4) is 0 Å². The summed E-state index contributed by atoms with van der Waals surface area (Å²) in [5.74, 6) is 0. The molecule has 3 aromatic rings. The van der Waals surface area contributed by atoms with Gasteiger partial charge in [-0.25, -0.2) is 0 Å². The van der Waals surface area contributed by atoms with E-state index >= 15 is 0 Å². The first-order valence-electron chi connectivity index (χ1n) is 9.57. The fraction of sp³-hybridized carbons (Fsp3) is 0.409. The maximum absolute atomic E-state index is 4.46. The van der Waals surface area contributed by atoms with E-state index in [2.05, 4.69) is 50.8 Å². The molecule has 4 heterocycles. The van der Waals surface area contributed by atoms with E-state index in [1.54, 1.807) is 11.3 Å². The molecule has 5 rings (SSSR count). The Bertz CT molecular complexity index is 907. The topological polar surface area (TPSA) is 21.1 Å². The van der Waals surface area contributed by atoms with E-state index in [1.165, 1.54) is 48.8 Å². The molecular formula is C22H25N3. The smallest absolute Gasteiger partial charge is 0.0486 e. The lowest BCUT2D eigenvalue weighted by molar-refractivity contribution is 0.242. The van der Waals surface area contributed by atoms with Crippen molar-refractivity contribution in [1.29, 1.82) is 0 Å². The minimum atomic E-state index is 0.649. The van der Waals surface area contributed by atoms with E-state index in [-0.39, 0.29) is 0 Å². The highest BCUT2D eigenvalue weighted by Crippen LogP contribution is 2.42. The van der Waals surface area contributed by atoms with Gasteiger partial charge in [-0.1, -0.05) is 24.3 Å². The number of aryl methyl sites for hydroxylation is 3. The Labute approximate surface area is 149 Å². The lowest BCUT2D eigenvalue weighted by Crippen LogP contribution is -2.31. The van der Waals surface area contributed by atoms with Crippen molar-refractivity contribution in [3.05, 3.63) is 65.1 Å². The highest BCUT2D eigenvalue weighted by molar-refractivity contribution is 5.86. The minimum Gasteiger partial charge on any atom is -0.344 e. The quantitative estimate of drug-likeness (QED) is 0.714. The van der Waals surface area contributed by atoms with Gasteiger partial charge in [-0.05, 0) is 56.0 Å². The standard InChI is InChI=1S/C22H25N3/c1-16-8-9-17(15-23-16)10-14-25-19-6-3-2-5-18(19)22-20-7-4-12-24(20)13-11-21(22)25/h2-3,5-6,8-9,15,20H,4,7,10-14H2,1H3. The van der Waals surface area contributed by atoms with Crippen LogP contribution in [0.4, 0.5) is 0 Å². The van der Waals surface area contributed by atoms with Crippen LogP contribution in [0.1, 0.15) is 41.4 Å². The fourth-order valence-electron chi connectivity index (χ4n) is 4.84. The van der Waals surface area contributed by atoms with Crippen molar-refractivity contribution in [2.45, 2.75) is 45.2 Å². The molecule has 1 aromatic carbocycles. The summed E-state index contributed by atoms with van der Waals surface area (Å²) in [4.78, 5) is 7.15. The van der Waals surface area contributed by atoms with Gasteiger partial charge in [-0.15, -0.1) is 0 Å². The summed E-state index contributed by atoms with van der Waals surface area (Å²) in [6.07, 6.45) is 6.94. The molecule has 3 nitrogen and oxygen atoms in total. The molecule has 0 N–H and O–H groups in total. The van der Waals surface area contributed by atoms with Crippen LogP contribution < -0.4 is 0 Å². The molecule has 0 radical (unpaired) electrons. The van der Waals surface area contributed by atoms with E-state index in [9.17, 15) is 0 Å². The third-order valence-corrected chi connectivity index (χ3v) is 6.05. The predicted octanol–water partition coefficient (Wildman–Crippen LogP) is 4.28. The molecule has 0 amide bonds. The lowest BCUT2D eigenvalue weighted by Gasteiger charge is -2.31. The fourth-order valence-corrected chi connectivity index (χ4v) is 4.84. The van der Waals surface area contributed by atoms with Crippen molar-refractivity contribution < 1.29 is 0 Å². The Morgan fingerprint density at radius 3 is 2.92 bits per heavy atom. The van der Waals surface area contributed by atoms with Gasteiger partial charge in [-0.2, -0.15) is 0 Å². The maximum atomic E-state index is 4.46. The second-order valence-electron chi connectivity index (χ2n) is 7.53. The maximum Gasteiger partial charge on any atom is 0.0486 e. The Hall–Kier alpha value is -2.13. The average molecular weight is 331 g/mol. The summed E-state index contributed by atoms with van der Waals surface area (Å²) in [6.45, 7) is 5.60. The van der Waals surface area contributed by atoms with Crippen molar-refractivity contribution in [2.75, 3.05) is 13.1 Å². The molecule has 2 aliphatic rings. The second kappa shape index (κ2) is 5.99. The van der Waals surface area contributed by atoms with E-state index in [1.807, 2.05) is 13.1 Å². The van der Waals surface area contributed by atoms with Gasteiger partial charge in [0.05, 0.1) is 0 Å². The van der Waals surface area contributed by atoms with Gasteiger partial charge in [0.2, 0.25) is 0 Å². The van der Waals surface area contributed by atoms with Gasteiger partial charge >= 0.3 is 0 Å². The zero-order valence-corrected chi connectivity index (χ0v) is 14.9. The largest absolute Gasteiger partial charge is 0.344 e. The van der Waals surface area contributed by atoms with Gasteiger partial charge < -0.3 is 4.57 Å². The first-order chi connectivity index (χ1) is 12.3. The zero-order valence-electron chi connectivity index (χ0n) is 14.9. The summed E-state index contributed by atoms with van der Waals surface area (Å²) in [5, 5.41) is 1.48. The molecule has 0 bridgehead atoms. The molecule has 0 saturated carbocycles. The Balaban J connectivity index is 1.55. The molecular weight excluding hydrogens is 306 g/mol. The number of rotatable bonds is 3. The summed E-state index contributed by atoms with van der Waals surface area (Å²) >= 11 is 0. The van der Waals surface area contributed by atoms with E-state index in [4.69, 9.17) is 0 Å². The van der Waals surface area contributed by atoms with E-state index in [0.29, 0.717) is 6.04 Å². The van der Waals surface area contributed by atoms with Gasteiger partial charge in [0.25, 0.3) is 0 Å². The highest BCUT2D eigenvalue weighted by Gasteiger charge is 2.34. The minimum absolute atomic E-state index is 0.649. The van der Waals surface area contributed by atoms with Gasteiger partial charge in [0, 0.05) is 54.0 Å². The highest BCUT2D eigenvalue weighted by atomic mass is 15.2. The Kier molecular flexibility index (Phi) is 3.63. The van der Waals surface area contributed by atoms with Gasteiger partial charge in [0.1, 0.15) is 0 Å². The lowest BCUT2D eigenvalue weighted by atomic mass is 9.96. The number of hydrogen-bond acceptors (Lipinski definition) is 2. The van der Waals surface area contributed by atoms with E-state index < -0.39 is 0 Å². The summed E-state index contributed by atoms with van der Waals surface area (Å²) < 4.78 is 2.60. The molecule has 0 aliphatic carbocycles. The average Bonchev–Trinajstić information content (AvgIpc) is 3.23. The Morgan fingerprint density at radius 1 is 1.12 bits per heavy atom. The van der Waals surface area contributed by atoms with Gasteiger partial charge in [-0.3, -0.25) is 9.88 Å². The number of para-hydroxylation sites is 1. The van der Waals surface area contributed by atoms with Crippen molar-refractivity contribution in [1.82, 2.24) is 14.5 Å². The van der Waals surface area contributed by atoms with Crippen molar-refractivity contribution in [2.24, 2.45) is 0 Å². The van der Waals surface area contributed by atoms with Crippen LogP contribution in [0.2, 0.25) is 0 Å². The number of nitrogens with zero attached hydrogens (tertiary/aromatic N) is 3. The second-order valence-corrected chi connectivity index (χ2v) is 7.53. The molecule has 1 atom stereocenters. The van der Waals surface area contributed by atoms with Crippen molar-refractivity contribution in [3.8, 4) is 0 Å². The van der Waals surface area contributed by atoms with Crippen LogP contribution >= 0.6 is 0 Å². The number of hydrogen-bond donors (Lipinski definition) is 0. The predicted molar refractivity (Wildman–Crippen MR) is 102 cm³/mol. The normalized spacial score (nSPS) is 20.0.